The van der Waals surface area contributed by atoms with Gasteiger partial charge in [-0.3, -0.25) is 4.79 Å². The second-order valence-electron chi connectivity index (χ2n) is 6.21. The maximum absolute atomic E-state index is 12.9. The number of nitrogens with zero attached hydrogens (tertiary/aromatic N) is 1. The highest BCUT2D eigenvalue weighted by atomic mass is 32.1. The van der Waals surface area contributed by atoms with E-state index in [1.54, 1.807) is 23.3 Å². The molecular formula is C19H23NO3S. The first-order valence-corrected chi connectivity index (χ1v) is 9.09. The molecule has 1 amide bonds. The van der Waals surface area contributed by atoms with Crippen LogP contribution in [0.2, 0.25) is 0 Å². The zero-order valence-electron chi connectivity index (χ0n) is 14.1. The standard InChI is InChI=1S/C19H23NO3S/c1-13-7-10-24-18(13)15-11-16(15)19(22)20(8-9-21)12-14-5-3-4-6-17(14)23-2/h3-7,10,15-16,21H,8-9,11-12H2,1-2H3. The molecule has 2 unspecified atom stereocenters. The molecule has 0 aliphatic heterocycles. The highest BCUT2D eigenvalue weighted by molar-refractivity contribution is 7.10. The fraction of sp³-hybridized carbons (Fsp3) is 0.421. The van der Waals surface area contributed by atoms with Crippen LogP contribution < -0.4 is 4.74 Å². The van der Waals surface area contributed by atoms with Crippen molar-refractivity contribution in [1.29, 1.82) is 0 Å². The molecular weight excluding hydrogens is 322 g/mol. The lowest BCUT2D eigenvalue weighted by molar-refractivity contribution is -0.133. The molecule has 1 fully saturated rings. The van der Waals surface area contributed by atoms with Crippen LogP contribution >= 0.6 is 11.3 Å². The summed E-state index contributed by atoms with van der Waals surface area (Å²) in [6.45, 7) is 2.89. The van der Waals surface area contributed by atoms with E-state index in [-0.39, 0.29) is 18.4 Å². The first-order valence-electron chi connectivity index (χ1n) is 8.21. The summed E-state index contributed by atoms with van der Waals surface area (Å²) in [6.07, 6.45) is 0.911. The van der Waals surface area contributed by atoms with Gasteiger partial charge in [0, 0.05) is 35.4 Å². The van der Waals surface area contributed by atoms with E-state index in [1.165, 1.54) is 10.4 Å². The summed E-state index contributed by atoms with van der Waals surface area (Å²) in [6, 6.07) is 9.82. The van der Waals surface area contributed by atoms with Crippen LogP contribution in [0.5, 0.6) is 5.75 Å². The molecule has 24 heavy (non-hydrogen) atoms. The Hall–Kier alpha value is -1.85. The summed E-state index contributed by atoms with van der Waals surface area (Å²) < 4.78 is 5.38. The van der Waals surface area contributed by atoms with Crippen LogP contribution in [0.4, 0.5) is 0 Å². The zero-order chi connectivity index (χ0) is 17.1. The van der Waals surface area contributed by atoms with Gasteiger partial charge in [-0.1, -0.05) is 18.2 Å². The molecule has 1 aromatic heterocycles. The number of aliphatic hydroxyl groups is 1. The van der Waals surface area contributed by atoms with E-state index in [4.69, 9.17) is 4.74 Å². The van der Waals surface area contributed by atoms with Gasteiger partial charge in [-0.05, 0) is 36.4 Å². The molecule has 2 atom stereocenters. The molecule has 128 valence electrons. The van der Waals surface area contributed by atoms with Crippen molar-refractivity contribution in [2.75, 3.05) is 20.3 Å². The lowest BCUT2D eigenvalue weighted by Gasteiger charge is -2.23. The van der Waals surface area contributed by atoms with Crippen LogP contribution in [0.1, 0.15) is 28.3 Å². The van der Waals surface area contributed by atoms with E-state index in [9.17, 15) is 9.90 Å². The van der Waals surface area contributed by atoms with Crippen LogP contribution in [-0.4, -0.2) is 36.2 Å². The molecule has 0 bridgehead atoms. The van der Waals surface area contributed by atoms with Gasteiger partial charge in [0.1, 0.15) is 5.75 Å². The number of thiophene rings is 1. The van der Waals surface area contributed by atoms with Gasteiger partial charge in [0.25, 0.3) is 0 Å². The number of rotatable bonds is 7. The molecule has 3 rings (SSSR count). The number of benzene rings is 1. The van der Waals surface area contributed by atoms with Gasteiger partial charge in [-0.2, -0.15) is 0 Å². The number of methoxy groups -OCH3 is 1. The second kappa shape index (κ2) is 7.36. The topological polar surface area (TPSA) is 49.8 Å². The average Bonchev–Trinajstić information content (AvgIpc) is 3.27. The number of hydrogen-bond donors (Lipinski definition) is 1. The van der Waals surface area contributed by atoms with Crippen LogP contribution in [0.3, 0.4) is 0 Å². The number of carbonyl (C=O) groups excluding carboxylic acids is 1. The van der Waals surface area contributed by atoms with Crippen molar-refractivity contribution in [3.8, 4) is 5.75 Å². The number of para-hydroxylation sites is 1. The number of aliphatic hydroxyl groups excluding tert-OH is 1. The Balaban J connectivity index is 1.72. The maximum Gasteiger partial charge on any atom is 0.226 e. The Labute approximate surface area is 146 Å². The van der Waals surface area contributed by atoms with Crippen LogP contribution in [0, 0.1) is 12.8 Å². The van der Waals surface area contributed by atoms with E-state index in [0.717, 1.165) is 17.7 Å². The number of aryl methyl sites for hydroxylation is 1. The summed E-state index contributed by atoms with van der Waals surface area (Å²) in [4.78, 5) is 16.0. The molecule has 1 aromatic carbocycles. The molecule has 0 radical (unpaired) electrons. The zero-order valence-corrected chi connectivity index (χ0v) is 14.9. The molecule has 1 aliphatic carbocycles. The smallest absolute Gasteiger partial charge is 0.226 e. The Kier molecular flexibility index (Phi) is 5.21. The predicted octanol–water partition coefficient (Wildman–Crippen LogP) is 3.19. The lowest BCUT2D eigenvalue weighted by atomic mass is 10.1. The fourth-order valence-electron chi connectivity index (χ4n) is 3.18. The lowest BCUT2D eigenvalue weighted by Crippen LogP contribution is -2.34. The fourth-order valence-corrected chi connectivity index (χ4v) is 4.29. The van der Waals surface area contributed by atoms with Crippen molar-refractivity contribution in [2.24, 2.45) is 5.92 Å². The van der Waals surface area contributed by atoms with Crippen molar-refractivity contribution in [3.05, 3.63) is 51.7 Å². The Morgan fingerprint density at radius 2 is 2.17 bits per heavy atom. The van der Waals surface area contributed by atoms with Crippen molar-refractivity contribution < 1.29 is 14.6 Å². The van der Waals surface area contributed by atoms with Crippen molar-refractivity contribution in [2.45, 2.75) is 25.8 Å². The third-order valence-corrected chi connectivity index (χ3v) is 5.73. The van der Waals surface area contributed by atoms with Gasteiger partial charge in [0.2, 0.25) is 5.91 Å². The summed E-state index contributed by atoms with van der Waals surface area (Å²) in [5, 5.41) is 11.5. The Bertz CT molecular complexity index is 712. The maximum atomic E-state index is 12.9. The Morgan fingerprint density at radius 3 is 2.83 bits per heavy atom. The van der Waals surface area contributed by atoms with Gasteiger partial charge < -0.3 is 14.7 Å². The van der Waals surface area contributed by atoms with E-state index in [0.29, 0.717) is 19.0 Å². The van der Waals surface area contributed by atoms with E-state index in [2.05, 4.69) is 18.4 Å². The van der Waals surface area contributed by atoms with Gasteiger partial charge >= 0.3 is 0 Å². The first-order chi connectivity index (χ1) is 11.7. The van der Waals surface area contributed by atoms with Crippen LogP contribution in [0.15, 0.2) is 35.7 Å². The number of carbonyl (C=O) groups is 1. The van der Waals surface area contributed by atoms with Crippen molar-refractivity contribution >= 4 is 17.2 Å². The number of hydrogen-bond acceptors (Lipinski definition) is 4. The van der Waals surface area contributed by atoms with E-state index >= 15 is 0 Å². The molecule has 2 aromatic rings. The molecule has 0 spiro atoms. The predicted molar refractivity (Wildman–Crippen MR) is 95.4 cm³/mol. The average molecular weight is 345 g/mol. The van der Waals surface area contributed by atoms with Crippen LogP contribution in [-0.2, 0) is 11.3 Å². The molecule has 1 heterocycles. The molecule has 4 nitrogen and oxygen atoms in total. The molecule has 1 aliphatic rings. The SMILES string of the molecule is COc1ccccc1CN(CCO)C(=O)C1CC1c1sccc1C. The van der Waals surface area contributed by atoms with Crippen LogP contribution in [0.25, 0.3) is 0 Å². The number of ether oxygens (including phenoxy) is 1. The van der Waals surface area contributed by atoms with Crippen molar-refractivity contribution in [1.82, 2.24) is 4.90 Å². The highest BCUT2D eigenvalue weighted by Crippen LogP contribution is 2.51. The third kappa shape index (κ3) is 3.47. The van der Waals surface area contributed by atoms with Crippen molar-refractivity contribution in [3.63, 3.8) is 0 Å². The summed E-state index contributed by atoms with van der Waals surface area (Å²) in [5.74, 6) is 1.29. The number of amides is 1. The molecule has 5 heteroatoms. The largest absolute Gasteiger partial charge is 0.496 e. The monoisotopic (exact) mass is 345 g/mol. The summed E-state index contributed by atoms with van der Waals surface area (Å²) in [5.41, 5.74) is 2.24. The molecule has 0 saturated heterocycles. The Morgan fingerprint density at radius 1 is 1.38 bits per heavy atom. The highest BCUT2D eigenvalue weighted by Gasteiger charge is 2.46. The normalized spacial score (nSPS) is 19.1. The minimum atomic E-state index is -0.0314. The third-order valence-electron chi connectivity index (χ3n) is 4.58. The minimum Gasteiger partial charge on any atom is -0.496 e. The van der Waals surface area contributed by atoms with Gasteiger partial charge in [0.15, 0.2) is 0 Å². The second-order valence-corrected chi connectivity index (χ2v) is 7.16. The first kappa shape index (κ1) is 17.0. The molecule has 1 saturated carbocycles. The summed E-state index contributed by atoms with van der Waals surface area (Å²) >= 11 is 1.74. The summed E-state index contributed by atoms with van der Waals surface area (Å²) in [7, 11) is 1.63. The van der Waals surface area contributed by atoms with Gasteiger partial charge in [-0.15, -0.1) is 11.3 Å². The van der Waals surface area contributed by atoms with E-state index in [1.807, 2.05) is 24.3 Å². The molecule has 1 N–H and O–H groups in total. The van der Waals surface area contributed by atoms with Gasteiger partial charge in [-0.25, -0.2) is 0 Å². The van der Waals surface area contributed by atoms with E-state index < -0.39 is 0 Å². The minimum absolute atomic E-state index is 0.0314. The van der Waals surface area contributed by atoms with Gasteiger partial charge in [0.05, 0.1) is 13.7 Å². The quantitative estimate of drug-likeness (QED) is 0.838.